The quantitative estimate of drug-likeness (QED) is 0.482. The van der Waals surface area contributed by atoms with Crippen molar-refractivity contribution in [1.29, 1.82) is 0 Å². The highest BCUT2D eigenvalue weighted by Gasteiger charge is 2.22. The molecule has 5 nitrogen and oxygen atoms in total. The lowest BCUT2D eigenvalue weighted by Gasteiger charge is -2.11. The summed E-state index contributed by atoms with van der Waals surface area (Å²) in [7, 11) is 1.68. The fourth-order valence-corrected chi connectivity index (χ4v) is 3.50. The Morgan fingerprint density at radius 3 is 2.57 bits per heavy atom. The van der Waals surface area contributed by atoms with E-state index < -0.39 is 0 Å². The van der Waals surface area contributed by atoms with Crippen LogP contribution in [0.15, 0.2) is 84.2 Å². The highest BCUT2D eigenvalue weighted by molar-refractivity contribution is 6.14. The van der Waals surface area contributed by atoms with Gasteiger partial charge in [0, 0.05) is 23.7 Å². The third-order valence-electron chi connectivity index (χ3n) is 4.90. The molecule has 2 aromatic carbocycles. The van der Waals surface area contributed by atoms with E-state index in [2.05, 4.69) is 28.2 Å². The summed E-state index contributed by atoms with van der Waals surface area (Å²) in [5.74, 6) is 1.70. The number of rotatable bonds is 3. The largest absolute Gasteiger partial charge is 0.497 e. The number of hydrogen-bond acceptors (Lipinski definition) is 4. The second-order valence-corrected chi connectivity index (χ2v) is 6.60. The van der Waals surface area contributed by atoms with Gasteiger partial charge in [-0.05, 0) is 29.8 Å². The summed E-state index contributed by atoms with van der Waals surface area (Å²) >= 11 is 0. The number of hydrogen-bond donors (Lipinski definition) is 0. The summed E-state index contributed by atoms with van der Waals surface area (Å²) in [5, 5.41) is 5.04. The Hall–Kier alpha value is -3.73. The van der Waals surface area contributed by atoms with Gasteiger partial charge in [0.1, 0.15) is 17.3 Å². The maximum Gasteiger partial charge on any atom is 0.135 e. The summed E-state index contributed by atoms with van der Waals surface area (Å²) in [6.45, 7) is 0. The lowest BCUT2D eigenvalue weighted by atomic mass is 9.96. The second-order valence-electron chi connectivity index (χ2n) is 6.60. The minimum atomic E-state index is 0.687. The monoisotopic (exact) mass is 366 g/mol. The van der Waals surface area contributed by atoms with Crippen LogP contribution in [-0.2, 0) is 6.42 Å². The fraction of sp³-hybridized carbons (Fsp3) is 0.0870. The minimum absolute atomic E-state index is 0.687. The van der Waals surface area contributed by atoms with E-state index in [0.29, 0.717) is 6.42 Å². The van der Waals surface area contributed by atoms with Crippen LogP contribution in [0.3, 0.4) is 0 Å². The average Bonchev–Trinajstić information content (AvgIpc) is 3.08. The van der Waals surface area contributed by atoms with Crippen LogP contribution in [-0.4, -0.2) is 27.5 Å². The normalized spacial score (nSPS) is 12.5. The molecule has 1 aliphatic rings. The van der Waals surface area contributed by atoms with Crippen LogP contribution in [0.5, 0.6) is 5.75 Å². The molecule has 0 bridgehead atoms. The number of methoxy groups -OCH3 is 1. The molecule has 28 heavy (non-hydrogen) atoms. The van der Waals surface area contributed by atoms with Gasteiger partial charge in [0.2, 0.25) is 0 Å². The first-order valence-corrected chi connectivity index (χ1v) is 9.13. The number of aromatic nitrogens is 3. The van der Waals surface area contributed by atoms with Crippen molar-refractivity contribution < 1.29 is 4.74 Å². The Morgan fingerprint density at radius 1 is 0.929 bits per heavy atom. The Bertz CT molecular complexity index is 1160. The van der Waals surface area contributed by atoms with Gasteiger partial charge < -0.3 is 4.74 Å². The molecule has 4 aromatic rings. The number of imidazole rings is 1. The highest BCUT2D eigenvalue weighted by Crippen LogP contribution is 2.29. The number of benzene rings is 2. The van der Waals surface area contributed by atoms with Gasteiger partial charge in [0.05, 0.1) is 24.7 Å². The van der Waals surface area contributed by atoms with Crippen molar-refractivity contribution in [2.24, 2.45) is 5.10 Å². The van der Waals surface area contributed by atoms with Gasteiger partial charge in [0.15, 0.2) is 0 Å². The first kappa shape index (κ1) is 16.4. The lowest BCUT2D eigenvalue weighted by Crippen LogP contribution is -2.07. The van der Waals surface area contributed by atoms with Gasteiger partial charge in [-0.25, -0.2) is 9.66 Å². The number of fused-ring (bicyclic) bond motifs is 2. The van der Waals surface area contributed by atoms with E-state index >= 15 is 0 Å². The molecule has 0 aliphatic carbocycles. The van der Waals surface area contributed by atoms with E-state index in [4.69, 9.17) is 9.84 Å². The maximum absolute atomic E-state index is 5.47. The molecule has 1 aliphatic heterocycles. The molecule has 0 spiro atoms. The molecule has 136 valence electrons. The Kier molecular flexibility index (Phi) is 3.98. The Morgan fingerprint density at radius 2 is 1.79 bits per heavy atom. The standard InChI is InChI=1S/C23H18N4O/c1-28-18-11-10-17-13-22-25-15-21(20-9-5-6-12-24-20)27(22)26-23(19(17)14-18)16-7-3-2-4-8-16/h2-12,14-15H,13H2,1H3. The predicted octanol–water partition coefficient (Wildman–Crippen LogP) is 4.16. The second kappa shape index (κ2) is 6.78. The van der Waals surface area contributed by atoms with Gasteiger partial charge in [-0.2, -0.15) is 5.10 Å². The lowest BCUT2D eigenvalue weighted by molar-refractivity contribution is 0.414. The summed E-state index contributed by atoms with van der Waals surface area (Å²) in [5.41, 5.74) is 5.89. The third kappa shape index (κ3) is 2.77. The Balaban J connectivity index is 1.77. The van der Waals surface area contributed by atoms with Crippen LogP contribution >= 0.6 is 0 Å². The molecule has 2 aromatic heterocycles. The molecule has 0 radical (unpaired) electrons. The first-order chi connectivity index (χ1) is 13.8. The molecule has 5 heteroatoms. The van der Waals surface area contributed by atoms with Crippen LogP contribution in [0.2, 0.25) is 0 Å². The van der Waals surface area contributed by atoms with Crippen molar-refractivity contribution in [3.8, 4) is 17.1 Å². The molecule has 0 fully saturated rings. The zero-order valence-electron chi connectivity index (χ0n) is 15.4. The molecule has 0 N–H and O–H groups in total. The van der Waals surface area contributed by atoms with E-state index in [1.54, 1.807) is 13.3 Å². The first-order valence-electron chi connectivity index (χ1n) is 9.13. The molecule has 0 saturated carbocycles. The van der Waals surface area contributed by atoms with Crippen LogP contribution in [0, 0.1) is 0 Å². The smallest absolute Gasteiger partial charge is 0.135 e. The SMILES string of the molecule is COc1ccc2c(c1)C(c1ccccc1)=Nn1c(-c3ccccn3)cnc1C2. The van der Waals surface area contributed by atoms with Gasteiger partial charge in [0.25, 0.3) is 0 Å². The number of pyridine rings is 1. The Labute approximate surface area is 163 Å². The molecule has 0 saturated heterocycles. The minimum Gasteiger partial charge on any atom is -0.497 e. The maximum atomic E-state index is 5.47. The predicted molar refractivity (Wildman–Crippen MR) is 109 cm³/mol. The number of ether oxygens (including phenoxy) is 1. The van der Waals surface area contributed by atoms with Gasteiger partial charge >= 0.3 is 0 Å². The van der Waals surface area contributed by atoms with Gasteiger partial charge in [-0.1, -0.05) is 42.5 Å². The molecule has 5 rings (SSSR count). The van der Waals surface area contributed by atoms with Crippen LogP contribution in [0.1, 0.15) is 22.5 Å². The van der Waals surface area contributed by atoms with Crippen LogP contribution in [0.4, 0.5) is 0 Å². The fourth-order valence-electron chi connectivity index (χ4n) is 3.50. The van der Waals surface area contributed by atoms with Crippen molar-refractivity contribution in [3.05, 3.63) is 102 Å². The van der Waals surface area contributed by atoms with Crippen molar-refractivity contribution >= 4 is 5.71 Å². The van der Waals surface area contributed by atoms with Crippen molar-refractivity contribution in [2.75, 3.05) is 7.11 Å². The van der Waals surface area contributed by atoms with E-state index in [0.717, 1.165) is 39.8 Å². The topological polar surface area (TPSA) is 52.3 Å². The molecular weight excluding hydrogens is 348 g/mol. The third-order valence-corrected chi connectivity index (χ3v) is 4.90. The zero-order valence-corrected chi connectivity index (χ0v) is 15.4. The van der Waals surface area contributed by atoms with Crippen molar-refractivity contribution in [2.45, 2.75) is 6.42 Å². The molecule has 3 heterocycles. The van der Waals surface area contributed by atoms with E-state index in [1.807, 2.05) is 59.4 Å². The highest BCUT2D eigenvalue weighted by atomic mass is 16.5. The molecule has 0 amide bonds. The zero-order chi connectivity index (χ0) is 18.9. The van der Waals surface area contributed by atoms with Crippen molar-refractivity contribution in [3.63, 3.8) is 0 Å². The summed E-state index contributed by atoms with van der Waals surface area (Å²) < 4.78 is 7.38. The summed E-state index contributed by atoms with van der Waals surface area (Å²) in [6, 6.07) is 22.2. The van der Waals surface area contributed by atoms with E-state index in [-0.39, 0.29) is 0 Å². The summed E-state index contributed by atoms with van der Waals surface area (Å²) in [6.07, 6.45) is 4.32. The summed E-state index contributed by atoms with van der Waals surface area (Å²) in [4.78, 5) is 9.13. The van der Waals surface area contributed by atoms with Gasteiger partial charge in [-0.15, -0.1) is 0 Å². The molecule has 0 atom stereocenters. The average molecular weight is 366 g/mol. The molecule has 0 unspecified atom stereocenters. The van der Waals surface area contributed by atoms with E-state index in [1.165, 1.54) is 5.56 Å². The number of nitrogens with zero attached hydrogens (tertiary/aromatic N) is 4. The van der Waals surface area contributed by atoms with Crippen LogP contribution < -0.4 is 4.74 Å². The van der Waals surface area contributed by atoms with Crippen molar-refractivity contribution in [1.82, 2.24) is 14.6 Å². The van der Waals surface area contributed by atoms with Crippen LogP contribution in [0.25, 0.3) is 11.4 Å². The van der Waals surface area contributed by atoms with E-state index in [9.17, 15) is 0 Å². The van der Waals surface area contributed by atoms with Gasteiger partial charge in [-0.3, -0.25) is 4.98 Å². The molecular formula is C23H18N4O.